The third-order valence-electron chi connectivity index (χ3n) is 1.45. The van der Waals surface area contributed by atoms with Crippen LogP contribution in [-0.2, 0) is 0 Å². The number of hydrogen-bond donors (Lipinski definition) is 0. The zero-order chi connectivity index (χ0) is 7.82. The highest BCUT2D eigenvalue weighted by Crippen LogP contribution is 1.89. The maximum atomic E-state index is 5.59. The van der Waals surface area contributed by atoms with Crippen molar-refractivity contribution in [2.24, 2.45) is 0 Å². The largest absolute Gasteiger partial charge is 0.299 e. The van der Waals surface area contributed by atoms with Gasteiger partial charge in [0.1, 0.15) is 0 Å². The SMILES string of the molecule is C/C=C/CN(CC)CCCl. The first-order valence-corrected chi connectivity index (χ1v) is 4.28. The fourth-order valence-corrected chi connectivity index (χ4v) is 0.992. The van der Waals surface area contributed by atoms with E-state index in [0.717, 1.165) is 25.5 Å². The molecule has 1 nitrogen and oxygen atoms in total. The number of hydrogen-bond acceptors (Lipinski definition) is 1. The van der Waals surface area contributed by atoms with Crippen LogP contribution in [0.15, 0.2) is 12.2 Å². The lowest BCUT2D eigenvalue weighted by Crippen LogP contribution is -2.25. The second-order valence-electron chi connectivity index (χ2n) is 2.15. The van der Waals surface area contributed by atoms with Gasteiger partial charge in [-0.3, -0.25) is 4.90 Å². The Kier molecular flexibility index (Phi) is 7.09. The smallest absolute Gasteiger partial charge is 0.0351 e. The first kappa shape index (κ1) is 9.99. The van der Waals surface area contributed by atoms with E-state index < -0.39 is 0 Å². The van der Waals surface area contributed by atoms with Crippen molar-refractivity contribution in [3.63, 3.8) is 0 Å². The molecule has 0 atom stereocenters. The highest BCUT2D eigenvalue weighted by atomic mass is 35.5. The van der Waals surface area contributed by atoms with Gasteiger partial charge in [-0.25, -0.2) is 0 Å². The summed E-state index contributed by atoms with van der Waals surface area (Å²) in [5.41, 5.74) is 0. The molecule has 0 aliphatic carbocycles. The van der Waals surface area contributed by atoms with E-state index in [9.17, 15) is 0 Å². The van der Waals surface area contributed by atoms with E-state index in [1.54, 1.807) is 0 Å². The third kappa shape index (κ3) is 4.83. The highest BCUT2D eigenvalue weighted by Gasteiger charge is 1.95. The summed E-state index contributed by atoms with van der Waals surface area (Å²) in [6.07, 6.45) is 4.22. The normalized spacial score (nSPS) is 11.6. The van der Waals surface area contributed by atoms with Gasteiger partial charge in [-0.1, -0.05) is 19.1 Å². The molecule has 0 amide bonds. The fraction of sp³-hybridized carbons (Fsp3) is 0.750. The Hall–Kier alpha value is -0.0100. The standard InChI is InChI=1S/C8H16ClN/c1-3-5-7-10(4-2)8-6-9/h3,5H,4,6-8H2,1-2H3/b5-3+. The van der Waals surface area contributed by atoms with Crippen LogP contribution in [0.25, 0.3) is 0 Å². The maximum absolute atomic E-state index is 5.59. The third-order valence-corrected chi connectivity index (χ3v) is 1.62. The minimum Gasteiger partial charge on any atom is -0.299 e. The predicted octanol–water partition coefficient (Wildman–Crippen LogP) is 2.12. The monoisotopic (exact) mass is 161 g/mol. The lowest BCUT2D eigenvalue weighted by Gasteiger charge is -2.15. The molecule has 0 unspecified atom stereocenters. The van der Waals surface area contributed by atoms with Crippen molar-refractivity contribution in [2.75, 3.05) is 25.5 Å². The Balaban J connectivity index is 3.39. The molecule has 0 aromatic carbocycles. The van der Waals surface area contributed by atoms with E-state index in [-0.39, 0.29) is 0 Å². The molecule has 0 saturated heterocycles. The van der Waals surface area contributed by atoms with Crippen molar-refractivity contribution in [1.29, 1.82) is 0 Å². The van der Waals surface area contributed by atoms with Gasteiger partial charge in [-0.2, -0.15) is 0 Å². The highest BCUT2D eigenvalue weighted by molar-refractivity contribution is 6.18. The Labute approximate surface area is 68.7 Å². The summed E-state index contributed by atoms with van der Waals surface area (Å²) < 4.78 is 0. The Morgan fingerprint density at radius 3 is 2.60 bits per heavy atom. The molecule has 0 spiro atoms. The van der Waals surface area contributed by atoms with Crippen LogP contribution < -0.4 is 0 Å². The van der Waals surface area contributed by atoms with Gasteiger partial charge >= 0.3 is 0 Å². The van der Waals surface area contributed by atoms with Gasteiger partial charge in [0.05, 0.1) is 0 Å². The van der Waals surface area contributed by atoms with Crippen LogP contribution in [-0.4, -0.2) is 30.4 Å². The Bertz CT molecular complexity index is 91.3. The predicted molar refractivity (Wildman–Crippen MR) is 47.6 cm³/mol. The average Bonchev–Trinajstić information content (AvgIpc) is 1.98. The van der Waals surface area contributed by atoms with Crippen LogP contribution in [0.1, 0.15) is 13.8 Å². The lowest BCUT2D eigenvalue weighted by atomic mass is 10.4. The number of alkyl halides is 1. The van der Waals surface area contributed by atoms with Crippen molar-refractivity contribution >= 4 is 11.6 Å². The first-order chi connectivity index (χ1) is 4.85. The molecular formula is C8H16ClN. The van der Waals surface area contributed by atoms with E-state index in [1.807, 2.05) is 6.92 Å². The fourth-order valence-electron chi connectivity index (χ4n) is 0.753. The number of nitrogens with zero attached hydrogens (tertiary/aromatic N) is 1. The second-order valence-corrected chi connectivity index (χ2v) is 2.53. The molecule has 60 valence electrons. The molecule has 0 aliphatic rings. The second kappa shape index (κ2) is 7.10. The van der Waals surface area contributed by atoms with Crippen LogP contribution in [0.2, 0.25) is 0 Å². The lowest BCUT2D eigenvalue weighted by molar-refractivity contribution is 0.339. The van der Waals surface area contributed by atoms with Crippen LogP contribution in [0.5, 0.6) is 0 Å². The summed E-state index contributed by atoms with van der Waals surface area (Å²) >= 11 is 5.59. The zero-order valence-corrected chi connectivity index (χ0v) is 7.56. The number of halogens is 1. The van der Waals surface area contributed by atoms with E-state index >= 15 is 0 Å². The first-order valence-electron chi connectivity index (χ1n) is 3.74. The number of rotatable bonds is 5. The molecule has 0 fully saturated rings. The summed E-state index contributed by atoms with van der Waals surface area (Å²) in [6, 6.07) is 0. The summed E-state index contributed by atoms with van der Waals surface area (Å²) in [5.74, 6) is 0.728. The summed E-state index contributed by atoms with van der Waals surface area (Å²) in [6.45, 7) is 7.28. The minimum atomic E-state index is 0.728. The molecular weight excluding hydrogens is 146 g/mol. The minimum absolute atomic E-state index is 0.728. The van der Waals surface area contributed by atoms with Crippen LogP contribution in [0.4, 0.5) is 0 Å². The van der Waals surface area contributed by atoms with Gasteiger partial charge in [0, 0.05) is 19.0 Å². The van der Waals surface area contributed by atoms with Crippen molar-refractivity contribution in [2.45, 2.75) is 13.8 Å². The number of likely N-dealkylation sites (N-methyl/N-ethyl adjacent to an activating group) is 1. The van der Waals surface area contributed by atoms with Crippen molar-refractivity contribution in [3.05, 3.63) is 12.2 Å². The molecule has 0 bridgehead atoms. The van der Waals surface area contributed by atoms with Crippen molar-refractivity contribution in [3.8, 4) is 0 Å². The van der Waals surface area contributed by atoms with Crippen LogP contribution in [0.3, 0.4) is 0 Å². The molecule has 0 rings (SSSR count). The van der Waals surface area contributed by atoms with Crippen LogP contribution in [0, 0.1) is 0 Å². The van der Waals surface area contributed by atoms with E-state index in [0.29, 0.717) is 0 Å². The summed E-state index contributed by atoms with van der Waals surface area (Å²) in [4.78, 5) is 2.30. The number of allylic oxidation sites excluding steroid dienone is 1. The van der Waals surface area contributed by atoms with Crippen LogP contribution >= 0.6 is 11.6 Å². The molecule has 10 heavy (non-hydrogen) atoms. The van der Waals surface area contributed by atoms with Crippen molar-refractivity contribution in [1.82, 2.24) is 4.90 Å². The molecule has 0 aromatic rings. The van der Waals surface area contributed by atoms with E-state index in [4.69, 9.17) is 11.6 Å². The van der Waals surface area contributed by atoms with Crippen molar-refractivity contribution < 1.29 is 0 Å². The molecule has 0 aliphatic heterocycles. The molecule has 0 radical (unpaired) electrons. The Morgan fingerprint density at radius 1 is 1.50 bits per heavy atom. The van der Waals surface area contributed by atoms with Gasteiger partial charge in [-0.05, 0) is 13.5 Å². The molecule has 0 aromatic heterocycles. The molecule has 2 heteroatoms. The molecule has 0 N–H and O–H groups in total. The zero-order valence-electron chi connectivity index (χ0n) is 6.81. The molecule has 0 heterocycles. The summed E-state index contributed by atoms with van der Waals surface area (Å²) in [5, 5.41) is 0. The van der Waals surface area contributed by atoms with E-state index in [2.05, 4.69) is 24.0 Å². The topological polar surface area (TPSA) is 3.24 Å². The van der Waals surface area contributed by atoms with Gasteiger partial charge in [-0.15, -0.1) is 11.6 Å². The van der Waals surface area contributed by atoms with Gasteiger partial charge in [0.15, 0.2) is 0 Å². The average molecular weight is 162 g/mol. The Morgan fingerprint density at radius 2 is 2.20 bits per heavy atom. The van der Waals surface area contributed by atoms with E-state index in [1.165, 1.54) is 0 Å². The quantitative estimate of drug-likeness (QED) is 0.441. The molecule has 0 saturated carbocycles. The van der Waals surface area contributed by atoms with Gasteiger partial charge in [0.25, 0.3) is 0 Å². The van der Waals surface area contributed by atoms with Gasteiger partial charge in [0.2, 0.25) is 0 Å². The maximum Gasteiger partial charge on any atom is 0.0351 e. The summed E-state index contributed by atoms with van der Waals surface area (Å²) in [7, 11) is 0. The van der Waals surface area contributed by atoms with Gasteiger partial charge < -0.3 is 0 Å².